The number of nitriles is 1. The fourth-order valence-electron chi connectivity index (χ4n) is 5.43. The number of rotatable bonds is 3. The van der Waals surface area contributed by atoms with Gasteiger partial charge in [-0.1, -0.05) is 12.1 Å². The molecule has 3 aliphatic rings. The number of hydrogen-bond donors (Lipinski definition) is 1. The van der Waals surface area contributed by atoms with Crippen molar-refractivity contribution in [2.75, 3.05) is 20.2 Å². The molecule has 1 aliphatic carbocycles. The fourth-order valence-corrected chi connectivity index (χ4v) is 5.43. The van der Waals surface area contributed by atoms with Gasteiger partial charge in [-0.25, -0.2) is 0 Å². The molecular formula is C26H29N3O4. The van der Waals surface area contributed by atoms with Crippen LogP contribution in [-0.4, -0.2) is 42.6 Å². The molecule has 1 atom stereocenters. The molecule has 1 saturated carbocycles. The maximum absolute atomic E-state index is 13.4. The monoisotopic (exact) mass is 447 g/mol. The average molecular weight is 448 g/mol. The molecule has 1 aromatic rings. The lowest BCUT2D eigenvalue weighted by Crippen LogP contribution is -2.48. The van der Waals surface area contributed by atoms with E-state index < -0.39 is 5.92 Å². The van der Waals surface area contributed by atoms with Gasteiger partial charge in [-0.15, -0.1) is 0 Å². The number of aryl methyl sites for hydroxylation is 1. The molecule has 1 N–H and O–H groups in total. The third-order valence-corrected chi connectivity index (χ3v) is 7.27. The highest BCUT2D eigenvalue weighted by molar-refractivity contribution is 6.11. The van der Waals surface area contributed by atoms with E-state index in [0.717, 1.165) is 11.1 Å². The number of carbonyl (C=O) groups is 3. The summed E-state index contributed by atoms with van der Waals surface area (Å²) in [6, 6.07) is 5.81. The minimum absolute atomic E-state index is 0.0401. The number of piperidine rings is 1. The second-order valence-corrected chi connectivity index (χ2v) is 9.39. The van der Waals surface area contributed by atoms with Crippen molar-refractivity contribution >= 4 is 17.5 Å². The Morgan fingerprint density at radius 1 is 1.21 bits per heavy atom. The number of ether oxygens (including phenoxy) is 1. The molecule has 1 spiro atoms. The summed E-state index contributed by atoms with van der Waals surface area (Å²) in [5.74, 6) is -0.365. The van der Waals surface area contributed by atoms with Crippen LogP contribution in [0.25, 0.3) is 0 Å². The van der Waals surface area contributed by atoms with Gasteiger partial charge in [0, 0.05) is 44.6 Å². The van der Waals surface area contributed by atoms with Crippen LogP contribution in [0.2, 0.25) is 0 Å². The first kappa shape index (κ1) is 22.8. The highest BCUT2D eigenvalue weighted by atomic mass is 16.5. The molecule has 1 saturated heterocycles. The summed E-state index contributed by atoms with van der Waals surface area (Å²) >= 11 is 0. The summed E-state index contributed by atoms with van der Waals surface area (Å²) < 4.78 is 5.66. The number of methoxy groups -OCH3 is 1. The summed E-state index contributed by atoms with van der Waals surface area (Å²) in [5, 5.41) is 12.2. The zero-order chi connectivity index (χ0) is 23.8. The van der Waals surface area contributed by atoms with Gasteiger partial charge in [-0.3, -0.25) is 14.4 Å². The van der Waals surface area contributed by atoms with Gasteiger partial charge in [-0.2, -0.15) is 5.26 Å². The van der Waals surface area contributed by atoms with Crippen LogP contribution in [0.1, 0.15) is 61.3 Å². The molecule has 1 amide bonds. The van der Waals surface area contributed by atoms with Crippen LogP contribution in [0.3, 0.4) is 0 Å². The minimum Gasteiger partial charge on any atom is -0.496 e. The molecule has 172 valence electrons. The zero-order valence-corrected chi connectivity index (χ0v) is 19.3. The minimum atomic E-state index is -0.814. The van der Waals surface area contributed by atoms with Crippen LogP contribution in [0, 0.1) is 23.7 Å². The smallest absolute Gasteiger partial charge is 0.219 e. The first-order valence-electron chi connectivity index (χ1n) is 11.3. The van der Waals surface area contributed by atoms with Crippen molar-refractivity contribution < 1.29 is 19.1 Å². The first-order chi connectivity index (χ1) is 15.8. The van der Waals surface area contributed by atoms with E-state index in [1.165, 1.54) is 0 Å². The molecule has 0 bridgehead atoms. The maximum atomic E-state index is 13.4. The molecule has 1 unspecified atom stereocenters. The van der Waals surface area contributed by atoms with Gasteiger partial charge in [-0.05, 0) is 48.4 Å². The lowest BCUT2D eigenvalue weighted by molar-refractivity contribution is -0.139. The van der Waals surface area contributed by atoms with E-state index in [1.807, 2.05) is 25.1 Å². The second kappa shape index (κ2) is 8.86. The van der Waals surface area contributed by atoms with E-state index in [0.29, 0.717) is 55.7 Å². The predicted octanol–water partition coefficient (Wildman–Crippen LogP) is 3.26. The fraction of sp³-hybridized carbons (Fsp3) is 0.462. The maximum Gasteiger partial charge on any atom is 0.219 e. The summed E-state index contributed by atoms with van der Waals surface area (Å²) in [7, 11) is 1.55. The number of likely N-dealkylation sites (tertiary alicyclic amines) is 1. The van der Waals surface area contributed by atoms with Crippen molar-refractivity contribution in [1.29, 1.82) is 5.26 Å². The molecule has 2 aliphatic heterocycles. The van der Waals surface area contributed by atoms with Crippen LogP contribution in [0.5, 0.6) is 5.75 Å². The number of hydrogen-bond acceptors (Lipinski definition) is 6. The second-order valence-electron chi connectivity index (χ2n) is 9.39. The van der Waals surface area contributed by atoms with E-state index in [4.69, 9.17) is 10.00 Å². The number of allylic oxidation sites excluding steroid dienone is 2. The third-order valence-electron chi connectivity index (χ3n) is 7.27. The zero-order valence-electron chi connectivity index (χ0n) is 19.3. The molecule has 2 heterocycles. The highest BCUT2D eigenvalue weighted by Gasteiger charge is 2.48. The Bertz CT molecular complexity index is 1080. The van der Waals surface area contributed by atoms with Gasteiger partial charge in [0.1, 0.15) is 29.3 Å². The van der Waals surface area contributed by atoms with Gasteiger partial charge in [0.2, 0.25) is 5.91 Å². The van der Waals surface area contributed by atoms with E-state index >= 15 is 0 Å². The van der Waals surface area contributed by atoms with E-state index in [9.17, 15) is 14.4 Å². The molecule has 0 radical (unpaired) electrons. The molecule has 2 fully saturated rings. The largest absolute Gasteiger partial charge is 0.496 e. The van der Waals surface area contributed by atoms with Crippen LogP contribution in [0.4, 0.5) is 0 Å². The molecule has 4 rings (SSSR count). The topological polar surface area (TPSA) is 99.5 Å². The predicted molar refractivity (Wildman–Crippen MR) is 122 cm³/mol. The molecule has 33 heavy (non-hydrogen) atoms. The normalized spacial score (nSPS) is 22.5. The van der Waals surface area contributed by atoms with Crippen molar-refractivity contribution in [3.8, 4) is 11.8 Å². The highest BCUT2D eigenvalue weighted by Crippen LogP contribution is 2.48. The van der Waals surface area contributed by atoms with Crippen molar-refractivity contribution in [3.63, 3.8) is 0 Å². The van der Waals surface area contributed by atoms with Crippen LogP contribution in [0.15, 0.2) is 36.1 Å². The number of nitrogens with zero attached hydrogens (tertiary/aromatic N) is 2. The van der Waals surface area contributed by atoms with Crippen LogP contribution in [-0.2, 0) is 14.4 Å². The van der Waals surface area contributed by atoms with Crippen LogP contribution >= 0.6 is 0 Å². The summed E-state index contributed by atoms with van der Waals surface area (Å²) in [6.07, 6.45) is 7.42. The summed E-state index contributed by atoms with van der Waals surface area (Å²) in [4.78, 5) is 40.2. The van der Waals surface area contributed by atoms with E-state index in [1.54, 1.807) is 31.2 Å². The van der Waals surface area contributed by atoms with Gasteiger partial charge >= 0.3 is 0 Å². The SMILES string of the molecule is COc1cc(C2C=CC(C#N)=CN2)cc(C)c1C1C(=O)CC2(CCN(C(C)=O)CC2)CC1=O. The number of nitrogens with one attached hydrogen (secondary N) is 1. The number of benzene rings is 1. The summed E-state index contributed by atoms with van der Waals surface area (Å²) in [5.41, 5.74) is 2.64. The van der Waals surface area contributed by atoms with E-state index in [2.05, 4.69) is 11.4 Å². The van der Waals surface area contributed by atoms with Gasteiger partial charge in [0.15, 0.2) is 0 Å². The quantitative estimate of drug-likeness (QED) is 0.714. The average Bonchev–Trinajstić information content (AvgIpc) is 2.79. The Balaban J connectivity index is 1.58. The Morgan fingerprint density at radius 3 is 2.39 bits per heavy atom. The molecule has 7 heteroatoms. The van der Waals surface area contributed by atoms with Crippen molar-refractivity contribution in [2.45, 2.75) is 51.5 Å². The molecular weight excluding hydrogens is 418 g/mol. The van der Waals surface area contributed by atoms with Crippen molar-refractivity contribution in [3.05, 3.63) is 52.7 Å². The van der Waals surface area contributed by atoms with Crippen LogP contribution < -0.4 is 10.1 Å². The summed E-state index contributed by atoms with van der Waals surface area (Å²) in [6.45, 7) is 4.66. The number of ketones is 2. The molecule has 1 aromatic carbocycles. The Kier molecular flexibility index (Phi) is 6.11. The van der Waals surface area contributed by atoms with Gasteiger partial charge < -0.3 is 15.0 Å². The lowest BCUT2D eigenvalue weighted by atomic mass is 9.63. The number of Topliss-reactive ketones (excluding diaryl/α,β-unsaturated/α-hetero) is 2. The van der Waals surface area contributed by atoms with Gasteiger partial charge in [0.25, 0.3) is 0 Å². The van der Waals surface area contributed by atoms with Crippen molar-refractivity contribution in [2.24, 2.45) is 5.41 Å². The molecule has 0 aromatic heterocycles. The Labute approximate surface area is 194 Å². The number of dihydropyridines is 1. The number of carbonyl (C=O) groups excluding carboxylic acids is 3. The number of amides is 1. The Hall–Kier alpha value is -3.40. The van der Waals surface area contributed by atoms with Gasteiger partial charge in [0.05, 0.1) is 18.7 Å². The first-order valence-corrected chi connectivity index (χ1v) is 11.3. The van der Waals surface area contributed by atoms with Crippen molar-refractivity contribution in [1.82, 2.24) is 10.2 Å². The third kappa shape index (κ3) is 4.30. The standard InChI is InChI=1S/C26H29N3O4/c1-16-10-19(20-5-4-18(14-27)15-28-20)11-23(33-3)24(16)25-21(31)12-26(13-22(25)32)6-8-29(9-7-26)17(2)30/h4-5,10-11,15,20,25,28H,6-9,12-13H2,1-3H3. The lowest BCUT2D eigenvalue weighted by Gasteiger charge is -2.44. The Morgan fingerprint density at radius 2 is 1.88 bits per heavy atom. The molecule has 7 nitrogen and oxygen atoms in total. The van der Waals surface area contributed by atoms with E-state index in [-0.39, 0.29) is 28.9 Å².